The quantitative estimate of drug-likeness (QED) is 0.914. The Morgan fingerprint density at radius 2 is 2.10 bits per heavy atom. The van der Waals surface area contributed by atoms with E-state index in [-0.39, 0.29) is 0 Å². The third-order valence-corrected chi connectivity index (χ3v) is 4.70. The van der Waals surface area contributed by atoms with Gasteiger partial charge in [-0.15, -0.1) is 0 Å². The van der Waals surface area contributed by atoms with Crippen LogP contribution in [-0.2, 0) is 4.79 Å². The fraction of sp³-hybridized carbons (Fsp3) is 0.562. The van der Waals surface area contributed by atoms with Crippen molar-refractivity contribution in [3.63, 3.8) is 0 Å². The Labute approximate surface area is 120 Å². The molecule has 0 aliphatic carbocycles. The minimum absolute atomic E-state index is 0.501. The molecular formula is C16H22N2O2. The molecule has 0 aromatic heterocycles. The lowest BCUT2D eigenvalue weighted by Crippen LogP contribution is -2.52. The summed E-state index contributed by atoms with van der Waals surface area (Å²) in [7, 11) is 0. The van der Waals surface area contributed by atoms with Gasteiger partial charge in [-0.05, 0) is 37.4 Å². The summed E-state index contributed by atoms with van der Waals surface area (Å²) in [5.41, 5.74) is 2.00. The zero-order valence-corrected chi connectivity index (χ0v) is 12.0. The van der Waals surface area contributed by atoms with Gasteiger partial charge >= 0.3 is 5.97 Å². The van der Waals surface area contributed by atoms with Crippen molar-refractivity contribution in [1.29, 1.82) is 0 Å². The van der Waals surface area contributed by atoms with Gasteiger partial charge < -0.3 is 5.11 Å². The van der Waals surface area contributed by atoms with Gasteiger partial charge in [0.1, 0.15) is 6.04 Å². The molecule has 2 atom stereocenters. The van der Waals surface area contributed by atoms with Crippen LogP contribution >= 0.6 is 0 Å². The number of nitrogens with zero attached hydrogens (tertiary/aromatic N) is 2. The number of piperazine rings is 1. The smallest absolute Gasteiger partial charge is 0.325 e. The maximum atomic E-state index is 11.8. The van der Waals surface area contributed by atoms with Gasteiger partial charge in [0.25, 0.3) is 0 Å². The van der Waals surface area contributed by atoms with Gasteiger partial charge in [0, 0.05) is 25.7 Å². The molecule has 0 saturated carbocycles. The molecule has 0 spiro atoms. The first kappa shape index (κ1) is 13.6. The van der Waals surface area contributed by atoms with E-state index < -0.39 is 12.0 Å². The molecule has 0 radical (unpaired) electrons. The van der Waals surface area contributed by atoms with E-state index in [1.807, 2.05) is 31.2 Å². The van der Waals surface area contributed by atoms with Crippen molar-refractivity contribution in [2.45, 2.75) is 31.8 Å². The molecule has 1 aromatic carbocycles. The molecule has 2 unspecified atom stereocenters. The zero-order chi connectivity index (χ0) is 14.1. The highest BCUT2D eigenvalue weighted by molar-refractivity contribution is 5.76. The average Bonchev–Trinajstić information content (AvgIpc) is 2.88. The molecule has 1 aromatic rings. The highest BCUT2D eigenvalue weighted by Crippen LogP contribution is 2.29. The largest absolute Gasteiger partial charge is 0.480 e. The van der Waals surface area contributed by atoms with Crippen LogP contribution < -0.4 is 0 Å². The van der Waals surface area contributed by atoms with E-state index in [1.165, 1.54) is 19.4 Å². The van der Waals surface area contributed by atoms with E-state index in [4.69, 9.17) is 0 Å². The Morgan fingerprint density at radius 1 is 1.30 bits per heavy atom. The third kappa shape index (κ3) is 2.45. The number of rotatable bonds is 3. The van der Waals surface area contributed by atoms with Crippen LogP contribution in [0.2, 0.25) is 0 Å². The Bertz CT molecular complexity index is 503. The lowest BCUT2D eigenvalue weighted by Gasteiger charge is -2.40. The number of fused-ring (bicyclic) bond motifs is 1. The summed E-state index contributed by atoms with van der Waals surface area (Å²) in [5.74, 6) is -0.731. The molecule has 2 aliphatic heterocycles. The Balaban J connectivity index is 1.84. The minimum atomic E-state index is -0.731. The lowest BCUT2D eigenvalue weighted by atomic mass is 9.98. The number of hydrogen-bond donors (Lipinski definition) is 1. The van der Waals surface area contributed by atoms with Gasteiger partial charge in [0.2, 0.25) is 0 Å². The van der Waals surface area contributed by atoms with Gasteiger partial charge in [-0.2, -0.15) is 0 Å². The van der Waals surface area contributed by atoms with Crippen molar-refractivity contribution in [2.24, 2.45) is 0 Å². The number of hydrogen-bond acceptors (Lipinski definition) is 3. The minimum Gasteiger partial charge on any atom is -0.480 e. The fourth-order valence-electron chi connectivity index (χ4n) is 3.63. The number of aryl methyl sites for hydroxylation is 1. The summed E-state index contributed by atoms with van der Waals surface area (Å²) in [4.78, 5) is 16.4. The van der Waals surface area contributed by atoms with E-state index >= 15 is 0 Å². The van der Waals surface area contributed by atoms with Crippen molar-refractivity contribution < 1.29 is 9.90 Å². The summed E-state index contributed by atoms with van der Waals surface area (Å²) < 4.78 is 0. The number of carboxylic acid groups (broad SMARTS) is 1. The van der Waals surface area contributed by atoms with Crippen LogP contribution in [0.1, 0.15) is 30.0 Å². The summed E-state index contributed by atoms with van der Waals surface area (Å²) >= 11 is 0. The molecule has 1 N–H and O–H groups in total. The van der Waals surface area contributed by atoms with Crippen molar-refractivity contribution in [1.82, 2.24) is 9.80 Å². The summed E-state index contributed by atoms with van der Waals surface area (Å²) in [5, 5.41) is 9.69. The number of aliphatic carboxylic acids is 1. The molecule has 20 heavy (non-hydrogen) atoms. The predicted octanol–water partition coefficient (Wildman–Crippen LogP) is 1.90. The van der Waals surface area contributed by atoms with Crippen LogP contribution in [0, 0.1) is 6.92 Å². The second-order valence-corrected chi connectivity index (χ2v) is 5.92. The monoisotopic (exact) mass is 274 g/mol. The number of carbonyl (C=O) groups is 1. The van der Waals surface area contributed by atoms with E-state index in [0.29, 0.717) is 6.04 Å². The first-order valence-electron chi connectivity index (χ1n) is 7.43. The topological polar surface area (TPSA) is 43.8 Å². The molecule has 3 rings (SSSR count). The van der Waals surface area contributed by atoms with Gasteiger partial charge in [-0.25, -0.2) is 0 Å². The first-order chi connectivity index (χ1) is 9.66. The van der Waals surface area contributed by atoms with E-state index in [1.54, 1.807) is 0 Å². The van der Waals surface area contributed by atoms with E-state index in [0.717, 1.165) is 30.8 Å². The molecule has 2 heterocycles. The van der Waals surface area contributed by atoms with Crippen LogP contribution in [0.15, 0.2) is 24.3 Å². The molecule has 0 amide bonds. The summed E-state index contributed by atoms with van der Waals surface area (Å²) in [6.07, 6.45) is 2.46. The standard InChI is InChI=1S/C16H22N2O2/c1-12-5-2-3-7-14(12)15(16(19)20)18-10-9-17-8-4-6-13(17)11-18/h2-3,5,7,13,15H,4,6,8-11H2,1H3,(H,19,20). The molecular weight excluding hydrogens is 252 g/mol. The van der Waals surface area contributed by atoms with Crippen LogP contribution in [0.5, 0.6) is 0 Å². The van der Waals surface area contributed by atoms with Crippen molar-refractivity contribution in [3.05, 3.63) is 35.4 Å². The SMILES string of the molecule is Cc1ccccc1C(C(=O)O)N1CCN2CCCC2C1. The molecule has 2 fully saturated rings. The van der Waals surface area contributed by atoms with Crippen LogP contribution in [0.3, 0.4) is 0 Å². The summed E-state index contributed by atoms with van der Waals surface area (Å²) in [6.45, 7) is 5.91. The third-order valence-electron chi connectivity index (χ3n) is 4.70. The van der Waals surface area contributed by atoms with Crippen LogP contribution in [-0.4, -0.2) is 53.1 Å². The van der Waals surface area contributed by atoms with Crippen LogP contribution in [0.25, 0.3) is 0 Å². The van der Waals surface area contributed by atoms with Crippen molar-refractivity contribution >= 4 is 5.97 Å². The maximum Gasteiger partial charge on any atom is 0.325 e. The van der Waals surface area contributed by atoms with Crippen LogP contribution in [0.4, 0.5) is 0 Å². The Morgan fingerprint density at radius 3 is 2.85 bits per heavy atom. The van der Waals surface area contributed by atoms with Crippen molar-refractivity contribution in [2.75, 3.05) is 26.2 Å². The van der Waals surface area contributed by atoms with Gasteiger partial charge in [0.15, 0.2) is 0 Å². The average molecular weight is 274 g/mol. The summed E-state index contributed by atoms with van der Waals surface area (Å²) in [6, 6.07) is 7.90. The molecule has 0 bridgehead atoms. The van der Waals surface area contributed by atoms with E-state index in [2.05, 4.69) is 9.80 Å². The van der Waals surface area contributed by atoms with Crippen molar-refractivity contribution in [3.8, 4) is 0 Å². The second kappa shape index (κ2) is 5.54. The normalized spacial score (nSPS) is 25.4. The molecule has 4 nitrogen and oxygen atoms in total. The Kier molecular flexibility index (Phi) is 3.76. The Hall–Kier alpha value is -1.39. The number of benzene rings is 1. The highest BCUT2D eigenvalue weighted by atomic mass is 16.4. The number of carboxylic acids is 1. The molecule has 2 saturated heterocycles. The predicted molar refractivity (Wildman–Crippen MR) is 77.7 cm³/mol. The zero-order valence-electron chi connectivity index (χ0n) is 12.0. The highest BCUT2D eigenvalue weighted by Gasteiger charge is 2.36. The molecule has 108 valence electrons. The second-order valence-electron chi connectivity index (χ2n) is 5.92. The fourth-order valence-corrected chi connectivity index (χ4v) is 3.63. The first-order valence-corrected chi connectivity index (χ1v) is 7.43. The molecule has 4 heteroatoms. The van der Waals surface area contributed by atoms with Gasteiger partial charge in [-0.3, -0.25) is 14.6 Å². The molecule has 2 aliphatic rings. The lowest BCUT2D eigenvalue weighted by molar-refractivity contribution is -0.144. The van der Waals surface area contributed by atoms with Gasteiger partial charge in [0.05, 0.1) is 0 Å². The van der Waals surface area contributed by atoms with Gasteiger partial charge in [-0.1, -0.05) is 24.3 Å². The maximum absolute atomic E-state index is 11.8. The van der Waals surface area contributed by atoms with E-state index in [9.17, 15) is 9.90 Å².